The number of methoxy groups -OCH3 is 1. The van der Waals surface area contributed by atoms with Crippen molar-refractivity contribution in [1.82, 2.24) is 10.2 Å². The van der Waals surface area contributed by atoms with Gasteiger partial charge in [0.1, 0.15) is 5.75 Å². The molecule has 1 aliphatic rings. The van der Waals surface area contributed by atoms with Crippen molar-refractivity contribution in [2.45, 2.75) is 32.5 Å². The minimum absolute atomic E-state index is 0.0370. The predicted molar refractivity (Wildman–Crippen MR) is 81.3 cm³/mol. The number of amides is 1. The van der Waals surface area contributed by atoms with Gasteiger partial charge in [-0.2, -0.15) is 0 Å². The standard InChI is InChI=1S/C16H24N2O3/c1-12-11-18(8-9-21-12)13(2)16(19)17-10-14-6-4-5-7-15(14)20-3/h4-7,12-13H,8-11H2,1-3H3,(H,17,19). The van der Waals surface area contributed by atoms with E-state index in [2.05, 4.69) is 10.2 Å². The first-order valence-electron chi connectivity index (χ1n) is 7.37. The molecule has 0 bridgehead atoms. The highest BCUT2D eigenvalue weighted by atomic mass is 16.5. The van der Waals surface area contributed by atoms with Gasteiger partial charge in [-0.1, -0.05) is 18.2 Å². The number of benzene rings is 1. The maximum Gasteiger partial charge on any atom is 0.237 e. The number of hydrogen-bond donors (Lipinski definition) is 1. The molecule has 1 aromatic rings. The fourth-order valence-electron chi connectivity index (χ4n) is 2.54. The molecule has 2 unspecified atom stereocenters. The monoisotopic (exact) mass is 292 g/mol. The Morgan fingerprint density at radius 2 is 2.29 bits per heavy atom. The SMILES string of the molecule is COc1ccccc1CNC(=O)C(C)N1CCOC(C)C1. The molecule has 0 saturated carbocycles. The molecule has 2 rings (SSSR count). The smallest absolute Gasteiger partial charge is 0.237 e. The van der Waals surface area contributed by atoms with Crippen LogP contribution in [0.2, 0.25) is 0 Å². The van der Waals surface area contributed by atoms with E-state index in [1.807, 2.05) is 38.1 Å². The van der Waals surface area contributed by atoms with Crippen LogP contribution < -0.4 is 10.1 Å². The van der Waals surface area contributed by atoms with Gasteiger partial charge in [-0.15, -0.1) is 0 Å². The van der Waals surface area contributed by atoms with Gasteiger partial charge < -0.3 is 14.8 Å². The number of nitrogens with one attached hydrogen (secondary N) is 1. The molecule has 1 aromatic carbocycles. The van der Waals surface area contributed by atoms with Crippen molar-refractivity contribution in [2.75, 3.05) is 26.8 Å². The van der Waals surface area contributed by atoms with Crippen LogP contribution in [0.4, 0.5) is 0 Å². The van der Waals surface area contributed by atoms with Crippen molar-refractivity contribution in [3.63, 3.8) is 0 Å². The Bertz CT molecular complexity index is 478. The van der Waals surface area contributed by atoms with Crippen molar-refractivity contribution >= 4 is 5.91 Å². The second-order valence-corrected chi connectivity index (χ2v) is 5.38. The van der Waals surface area contributed by atoms with Gasteiger partial charge in [0.05, 0.1) is 25.9 Å². The van der Waals surface area contributed by atoms with Crippen LogP contribution in [0, 0.1) is 0 Å². The molecule has 1 fully saturated rings. The first-order chi connectivity index (χ1) is 10.1. The van der Waals surface area contributed by atoms with Gasteiger partial charge in [-0.25, -0.2) is 0 Å². The van der Waals surface area contributed by atoms with Crippen LogP contribution in [0.1, 0.15) is 19.4 Å². The number of para-hydroxylation sites is 1. The third-order valence-corrected chi connectivity index (χ3v) is 3.85. The molecule has 0 radical (unpaired) electrons. The maximum absolute atomic E-state index is 12.3. The molecule has 1 heterocycles. The minimum atomic E-state index is -0.147. The Hall–Kier alpha value is -1.59. The lowest BCUT2D eigenvalue weighted by Gasteiger charge is -2.34. The molecule has 1 aliphatic heterocycles. The van der Waals surface area contributed by atoms with Gasteiger partial charge in [0.25, 0.3) is 0 Å². The second-order valence-electron chi connectivity index (χ2n) is 5.38. The van der Waals surface area contributed by atoms with Gasteiger partial charge in [0.2, 0.25) is 5.91 Å². The van der Waals surface area contributed by atoms with E-state index in [9.17, 15) is 4.79 Å². The van der Waals surface area contributed by atoms with Crippen molar-refractivity contribution in [3.05, 3.63) is 29.8 Å². The Morgan fingerprint density at radius 3 is 3.00 bits per heavy atom. The van der Waals surface area contributed by atoms with Gasteiger partial charge in [0.15, 0.2) is 0 Å². The topological polar surface area (TPSA) is 50.8 Å². The fraction of sp³-hybridized carbons (Fsp3) is 0.562. The Kier molecular flexibility index (Phi) is 5.59. The normalized spacial score (nSPS) is 20.8. The van der Waals surface area contributed by atoms with E-state index in [4.69, 9.17) is 9.47 Å². The lowest BCUT2D eigenvalue weighted by molar-refractivity contribution is -0.129. The molecular formula is C16H24N2O3. The number of rotatable bonds is 5. The zero-order valence-corrected chi connectivity index (χ0v) is 13.0. The minimum Gasteiger partial charge on any atom is -0.496 e. The van der Waals surface area contributed by atoms with E-state index in [0.717, 1.165) is 24.4 Å². The molecule has 2 atom stereocenters. The number of morpholine rings is 1. The highest BCUT2D eigenvalue weighted by Gasteiger charge is 2.25. The van der Waals surface area contributed by atoms with E-state index in [1.165, 1.54) is 0 Å². The summed E-state index contributed by atoms with van der Waals surface area (Å²) < 4.78 is 10.8. The van der Waals surface area contributed by atoms with E-state index in [1.54, 1.807) is 7.11 Å². The van der Waals surface area contributed by atoms with Crippen LogP contribution in [0.25, 0.3) is 0 Å². The quantitative estimate of drug-likeness (QED) is 0.892. The molecule has 1 saturated heterocycles. The number of carbonyl (C=O) groups is 1. The van der Waals surface area contributed by atoms with Gasteiger partial charge in [0, 0.05) is 25.2 Å². The summed E-state index contributed by atoms with van der Waals surface area (Å²) in [6.45, 7) is 6.73. The summed E-state index contributed by atoms with van der Waals surface area (Å²) in [4.78, 5) is 14.4. The lowest BCUT2D eigenvalue weighted by Crippen LogP contribution is -2.51. The number of nitrogens with zero attached hydrogens (tertiary/aromatic N) is 1. The summed E-state index contributed by atoms with van der Waals surface area (Å²) in [5.41, 5.74) is 0.982. The summed E-state index contributed by atoms with van der Waals surface area (Å²) in [7, 11) is 1.64. The molecule has 1 N–H and O–H groups in total. The van der Waals surface area contributed by atoms with Crippen molar-refractivity contribution < 1.29 is 14.3 Å². The highest BCUT2D eigenvalue weighted by molar-refractivity contribution is 5.81. The molecule has 0 spiro atoms. The average Bonchev–Trinajstić information content (AvgIpc) is 2.52. The largest absolute Gasteiger partial charge is 0.496 e. The zero-order valence-electron chi connectivity index (χ0n) is 13.0. The molecule has 21 heavy (non-hydrogen) atoms. The molecule has 0 aromatic heterocycles. The second kappa shape index (κ2) is 7.43. The summed E-state index contributed by atoms with van der Waals surface area (Å²) >= 11 is 0. The van der Waals surface area contributed by atoms with E-state index < -0.39 is 0 Å². The molecule has 5 heteroatoms. The Morgan fingerprint density at radius 1 is 1.52 bits per heavy atom. The number of carbonyl (C=O) groups excluding carboxylic acids is 1. The Balaban J connectivity index is 1.89. The number of hydrogen-bond acceptors (Lipinski definition) is 4. The molecular weight excluding hydrogens is 268 g/mol. The van der Waals surface area contributed by atoms with Crippen LogP contribution in [-0.2, 0) is 16.1 Å². The summed E-state index contributed by atoms with van der Waals surface area (Å²) in [6.07, 6.45) is 0.184. The van der Waals surface area contributed by atoms with Crippen LogP contribution in [0.5, 0.6) is 5.75 Å². The first kappa shape index (κ1) is 15.8. The molecule has 1 amide bonds. The fourth-order valence-corrected chi connectivity index (χ4v) is 2.54. The molecule has 5 nitrogen and oxygen atoms in total. The zero-order chi connectivity index (χ0) is 15.2. The predicted octanol–water partition coefficient (Wildman–Crippen LogP) is 1.42. The first-order valence-corrected chi connectivity index (χ1v) is 7.37. The Labute approximate surface area is 126 Å². The van der Waals surface area contributed by atoms with Gasteiger partial charge in [-0.3, -0.25) is 9.69 Å². The average molecular weight is 292 g/mol. The van der Waals surface area contributed by atoms with Crippen LogP contribution in [0.15, 0.2) is 24.3 Å². The van der Waals surface area contributed by atoms with Crippen molar-refractivity contribution in [1.29, 1.82) is 0 Å². The van der Waals surface area contributed by atoms with Gasteiger partial charge in [-0.05, 0) is 19.9 Å². The van der Waals surface area contributed by atoms with Crippen molar-refractivity contribution in [2.24, 2.45) is 0 Å². The van der Waals surface area contributed by atoms with E-state index in [-0.39, 0.29) is 18.1 Å². The number of ether oxygens (including phenoxy) is 2. The maximum atomic E-state index is 12.3. The lowest BCUT2D eigenvalue weighted by atomic mass is 10.1. The summed E-state index contributed by atoms with van der Waals surface area (Å²) in [6, 6.07) is 7.57. The van der Waals surface area contributed by atoms with Crippen molar-refractivity contribution in [3.8, 4) is 5.75 Å². The molecule has 0 aliphatic carbocycles. The van der Waals surface area contributed by atoms with Crippen LogP contribution in [0.3, 0.4) is 0 Å². The molecule has 116 valence electrons. The summed E-state index contributed by atoms with van der Waals surface area (Å²) in [5, 5.41) is 2.98. The van der Waals surface area contributed by atoms with Gasteiger partial charge >= 0.3 is 0 Å². The van der Waals surface area contributed by atoms with E-state index in [0.29, 0.717) is 13.2 Å². The third-order valence-electron chi connectivity index (χ3n) is 3.85. The van der Waals surface area contributed by atoms with Crippen LogP contribution in [-0.4, -0.2) is 49.8 Å². The summed E-state index contributed by atoms with van der Waals surface area (Å²) in [5.74, 6) is 0.834. The third kappa shape index (κ3) is 4.19. The highest BCUT2D eigenvalue weighted by Crippen LogP contribution is 2.17. The van der Waals surface area contributed by atoms with Crippen LogP contribution >= 0.6 is 0 Å². The van der Waals surface area contributed by atoms with E-state index >= 15 is 0 Å².